The quantitative estimate of drug-likeness (QED) is 0.870. The van der Waals surface area contributed by atoms with Crippen LogP contribution in [0.5, 0.6) is 0 Å². The van der Waals surface area contributed by atoms with Crippen molar-refractivity contribution in [1.82, 2.24) is 5.32 Å². The van der Waals surface area contributed by atoms with Crippen molar-refractivity contribution in [3.63, 3.8) is 0 Å². The maximum Gasteiger partial charge on any atom is 0.257 e. The molecule has 2 N–H and O–H groups in total. The van der Waals surface area contributed by atoms with Crippen molar-refractivity contribution in [1.29, 1.82) is 0 Å². The van der Waals surface area contributed by atoms with E-state index in [4.69, 9.17) is 0 Å². The van der Waals surface area contributed by atoms with Gasteiger partial charge in [-0.3, -0.25) is 4.79 Å². The van der Waals surface area contributed by atoms with Gasteiger partial charge in [0.25, 0.3) is 5.91 Å². The summed E-state index contributed by atoms with van der Waals surface area (Å²) in [5, 5.41) is 14.5. The summed E-state index contributed by atoms with van der Waals surface area (Å²) < 4.78 is 0. The smallest absolute Gasteiger partial charge is 0.257 e. The fraction of sp³-hybridized carbons (Fsp3) is 0.409. The van der Waals surface area contributed by atoms with Crippen LogP contribution in [0.15, 0.2) is 54.6 Å². The number of carbonyl (C=O) groups excluding carboxylic acids is 1. The van der Waals surface area contributed by atoms with E-state index in [9.17, 15) is 9.90 Å². The summed E-state index contributed by atoms with van der Waals surface area (Å²) >= 11 is 0. The van der Waals surface area contributed by atoms with Crippen molar-refractivity contribution < 1.29 is 9.90 Å². The molecule has 132 valence electrons. The number of benzene rings is 2. The normalized spacial score (nSPS) is 17.7. The summed E-state index contributed by atoms with van der Waals surface area (Å²) in [6, 6.07) is 17.5. The molecule has 1 aliphatic rings. The van der Waals surface area contributed by atoms with Gasteiger partial charge in [-0.2, -0.15) is 0 Å². The topological polar surface area (TPSA) is 49.3 Å². The molecule has 2 aromatic carbocycles. The molecule has 1 saturated carbocycles. The van der Waals surface area contributed by atoms with Crippen LogP contribution in [-0.4, -0.2) is 17.1 Å². The largest absolute Gasteiger partial charge is 0.375 e. The number of hydrogen-bond donors (Lipinski definition) is 2. The number of carbonyl (C=O) groups is 1. The predicted molar refractivity (Wildman–Crippen MR) is 100 cm³/mol. The third-order valence-corrected chi connectivity index (χ3v) is 5.15. The van der Waals surface area contributed by atoms with Gasteiger partial charge in [0.2, 0.25) is 0 Å². The zero-order valence-corrected chi connectivity index (χ0v) is 14.9. The van der Waals surface area contributed by atoms with Crippen LogP contribution in [-0.2, 0) is 16.8 Å². The highest BCUT2D eigenvalue weighted by atomic mass is 16.3. The lowest BCUT2D eigenvalue weighted by atomic mass is 9.85. The molecule has 25 heavy (non-hydrogen) atoms. The van der Waals surface area contributed by atoms with Crippen LogP contribution in [0.25, 0.3) is 0 Å². The van der Waals surface area contributed by atoms with Crippen molar-refractivity contribution in [2.75, 3.05) is 0 Å². The summed E-state index contributed by atoms with van der Waals surface area (Å²) in [4.78, 5) is 13.1. The summed E-state index contributed by atoms with van der Waals surface area (Å²) in [5.41, 5.74) is 1.16. The Labute approximate surface area is 150 Å². The van der Waals surface area contributed by atoms with E-state index in [0.29, 0.717) is 5.56 Å². The van der Waals surface area contributed by atoms with Crippen LogP contribution in [0.2, 0.25) is 0 Å². The monoisotopic (exact) mass is 337 g/mol. The highest BCUT2D eigenvalue weighted by molar-refractivity contribution is 5.87. The van der Waals surface area contributed by atoms with Gasteiger partial charge in [0, 0.05) is 12.5 Å². The summed E-state index contributed by atoms with van der Waals surface area (Å²) in [6.07, 6.45) is 5.80. The van der Waals surface area contributed by atoms with Gasteiger partial charge in [-0.05, 0) is 30.9 Å². The first-order valence-corrected chi connectivity index (χ1v) is 9.22. The second-order valence-electron chi connectivity index (χ2n) is 7.20. The van der Waals surface area contributed by atoms with Crippen LogP contribution in [0, 0.1) is 6.92 Å². The van der Waals surface area contributed by atoms with Gasteiger partial charge in [0.1, 0.15) is 0 Å². The van der Waals surface area contributed by atoms with E-state index in [2.05, 4.69) is 5.32 Å². The molecule has 1 atom stereocenters. The Morgan fingerprint density at radius 2 is 1.68 bits per heavy atom. The zero-order chi connectivity index (χ0) is 17.7. The molecular formula is C22H27NO2. The van der Waals surface area contributed by atoms with Crippen LogP contribution in [0.3, 0.4) is 0 Å². The van der Waals surface area contributed by atoms with Crippen molar-refractivity contribution >= 4 is 5.91 Å². The molecule has 2 aromatic rings. The van der Waals surface area contributed by atoms with Gasteiger partial charge in [0.15, 0.2) is 5.60 Å². The number of rotatable bonds is 5. The van der Waals surface area contributed by atoms with E-state index in [0.717, 1.165) is 36.8 Å². The van der Waals surface area contributed by atoms with E-state index in [-0.39, 0.29) is 18.4 Å². The van der Waals surface area contributed by atoms with E-state index in [1.165, 1.54) is 6.42 Å². The first-order valence-electron chi connectivity index (χ1n) is 9.22. The lowest BCUT2D eigenvalue weighted by molar-refractivity contribution is -0.141. The van der Waals surface area contributed by atoms with Gasteiger partial charge >= 0.3 is 0 Å². The molecule has 3 nitrogen and oxygen atoms in total. The third-order valence-electron chi connectivity index (χ3n) is 5.15. The predicted octanol–water partition coefficient (Wildman–Crippen LogP) is 3.87. The molecule has 0 bridgehead atoms. The van der Waals surface area contributed by atoms with E-state index < -0.39 is 5.60 Å². The molecule has 1 aliphatic carbocycles. The summed E-state index contributed by atoms with van der Waals surface area (Å²) in [7, 11) is 0. The molecule has 0 aromatic heterocycles. The van der Waals surface area contributed by atoms with E-state index >= 15 is 0 Å². The van der Waals surface area contributed by atoms with Crippen LogP contribution in [0.1, 0.15) is 48.8 Å². The second-order valence-corrected chi connectivity index (χ2v) is 7.20. The minimum Gasteiger partial charge on any atom is -0.375 e. The Hall–Kier alpha value is -2.13. The lowest BCUT2D eigenvalue weighted by Gasteiger charge is -2.31. The van der Waals surface area contributed by atoms with E-state index in [1.54, 1.807) is 0 Å². The number of amides is 1. The first-order chi connectivity index (χ1) is 12.1. The number of nitrogens with one attached hydrogen (secondary N) is 1. The second kappa shape index (κ2) is 7.83. The van der Waals surface area contributed by atoms with E-state index in [1.807, 2.05) is 61.5 Å². The Morgan fingerprint density at radius 3 is 2.32 bits per heavy atom. The lowest BCUT2D eigenvalue weighted by Crippen LogP contribution is -2.50. The highest BCUT2D eigenvalue weighted by Crippen LogP contribution is 2.28. The summed E-state index contributed by atoms with van der Waals surface area (Å²) in [6.45, 7) is 2.00. The molecule has 0 radical (unpaired) electrons. The number of aryl methyl sites for hydroxylation is 1. The SMILES string of the molecule is Cc1ccc(C(O)(Cc2ccccc2)C(=O)NC2CCCCC2)cc1. The van der Waals surface area contributed by atoms with Crippen LogP contribution >= 0.6 is 0 Å². The average Bonchev–Trinajstić information content (AvgIpc) is 2.64. The zero-order valence-electron chi connectivity index (χ0n) is 14.9. The fourth-order valence-electron chi connectivity index (χ4n) is 3.59. The molecule has 0 aliphatic heterocycles. The first kappa shape index (κ1) is 17.7. The molecule has 1 amide bonds. The van der Waals surface area contributed by atoms with Crippen LogP contribution < -0.4 is 5.32 Å². The van der Waals surface area contributed by atoms with Gasteiger partial charge in [-0.15, -0.1) is 0 Å². The van der Waals surface area contributed by atoms with Crippen LogP contribution in [0.4, 0.5) is 0 Å². The van der Waals surface area contributed by atoms with Crippen molar-refractivity contribution in [2.45, 2.75) is 57.1 Å². The molecule has 0 spiro atoms. The minimum atomic E-state index is -1.55. The molecule has 0 saturated heterocycles. The fourth-order valence-corrected chi connectivity index (χ4v) is 3.59. The Kier molecular flexibility index (Phi) is 5.54. The molecule has 0 heterocycles. The molecular weight excluding hydrogens is 310 g/mol. The van der Waals surface area contributed by atoms with Crippen molar-refractivity contribution in [2.24, 2.45) is 0 Å². The van der Waals surface area contributed by atoms with Gasteiger partial charge in [-0.1, -0.05) is 79.4 Å². The number of hydrogen-bond acceptors (Lipinski definition) is 2. The maximum atomic E-state index is 13.1. The minimum absolute atomic E-state index is 0.175. The molecule has 1 unspecified atom stereocenters. The maximum absolute atomic E-state index is 13.1. The Balaban J connectivity index is 1.87. The van der Waals surface area contributed by atoms with Gasteiger partial charge < -0.3 is 10.4 Å². The molecule has 3 heteroatoms. The molecule has 1 fully saturated rings. The summed E-state index contributed by atoms with van der Waals surface area (Å²) in [5.74, 6) is -0.285. The van der Waals surface area contributed by atoms with Gasteiger partial charge in [-0.25, -0.2) is 0 Å². The van der Waals surface area contributed by atoms with Gasteiger partial charge in [0.05, 0.1) is 0 Å². The molecule has 3 rings (SSSR count). The Morgan fingerprint density at radius 1 is 1.04 bits per heavy atom. The Bertz CT molecular complexity index is 690. The average molecular weight is 337 g/mol. The van der Waals surface area contributed by atoms with Crippen molar-refractivity contribution in [3.05, 3.63) is 71.3 Å². The third kappa shape index (κ3) is 4.29. The standard InChI is InChI=1S/C22H27NO2/c1-17-12-14-19(15-13-17)22(25,16-18-8-4-2-5-9-18)21(24)23-20-10-6-3-7-11-20/h2,4-5,8-9,12-15,20,25H,3,6-7,10-11,16H2,1H3,(H,23,24). The number of aliphatic hydroxyl groups is 1. The van der Waals surface area contributed by atoms with Crippen molar-refractivity contribution in [3.8, 4) is 0 Å². The highest BCUT2D eigenvalue weighted by Gasteiger charge is 2.39.